The molecule has 1 amide bonds. The monoisotopic (exact) mass is 519 g/mol. The van der Waals surface area contributed by atoms with E-state index in [1.165, 1.54) is 22.9 Å². The zero-order valence-electron chi connectivity index (χ0n) is 16.1. The number of amides is 1. The number of carbonyl (C=O) groups is 1. The number of piperidine rings is 1. The fraction of sp³-hybridized carbons (Fsp3) is 0.391. The molecule has 0 saturated carbocycles. The minimum atomic E-state index is -0.515. The van der Waals surface area contributed by atoms with Gasteiger partial charge < -0.3 is 0 Å². The number of halogens is 1. The van der Waals surface area contributed by atoms with E-state index in [9.17, 15) is 9.59 Å². The fourth-order valence-electron chi connectivity index (χ4n) is 4.37. The molecule has 2 aromatic heterocycles. The van der Waals surface area contributed by atoms with Crippen molar-refractivity contribution in [1.82, 2.24) is 4.90 Å². The van der Waals surface area contributed by atoms with Crippen molar-refractivity contribution in [3.05, 3.63) is 49.2 Å². The molecule has 6 heteroatoms. The summed E-state index contributed by atoms with van der Waals surface area (Å²) in [5.41, 5.74) is 1.73. The van der Waals surface area contributed by atoms with Gasteiger partial charge in [-0.3, -0.25) is 0 Å². The first-order valence-corrected chi connectivity index (χ1v) is 12.8. The molecular formula is C23H22BrNO3Se. The van der Waals surface area contributed by atoms with Gasteiger partial charge in [0.25, 0.3) is 0 Å². The summed E-state index contributed by atoms with van der Waals surface area (Å²) in [5, 5.41) is 1.96. The van der Waals surface area contributed by atoms with E-state index in [4.69, 9.17) is 4.42 Å². The minimum absolute atomic E-state index is 0.0885. The Morgan fingerprint density at radius 1 is 1.10 bits per heavy atom. The molecule has 2 aliphatic rings. The molecule has 0 N–H and O–H groups in total. The molecule has 0 spiro atoms. The molecule has 1 saturated heterocycles. The van der Waals surface area contributed by atoms with Crippen LogP contribution in [-0.2, 0) is 0 Å². The number of allylic oxidation sites excluding steroid dienone is 2. The summed E-state index contributed by atoms with van der Waals surface area (Å²) < 4.78 is 9.39. The standard InChI is InChI=1S/C23H22BrNO3Se/c24-18-16-10-9-15-13-17(22(26)25-11-5-2-6-12-25)23(27)28-19(15)21(16)29-20(18)14-7-3-1-4-8-14/h7,9-10,13H,1-6,8,11-12H2. The van der Waals surface area contributed by atoms with Crippen LogP contribution in [0.25, 0.3) is 26.2 Å². The molecule has 1 aliphatic heterocycles. The third kappa shape index (κ3) is 3.45. The van der Waals surface area contributed by atoms with Crippen molar-refractivity contribution in [2.75, 3.05) is 13.1 Å². The molecule has 1 fully saturated rings. The molecule has 1 aromatic carbocycles. The van der Waals surface area contributed by atoms with Crippen LogP contribution in [0.1, 0.15) is 59.7 Å². The van der Waals surface area contributed by atoms with Crippen LogP contribution >= 0.6 is 15.9 Å². The number of carbonyl (C=O) groups excluding carboxylic acids is 1. The molecule has 4 nitrogen and oxygen atoms in total. The van der Waals surface area contributed by atoms with Crippen LogP contribution in [0.15, 0.2) is 38.0 Å². The Morgan fingerprint density at radius 2 is 1.93 bits per heavy atom. The Bertz CT molecular complexity index is 1200. The Balaban J connectivity index is 1.62. The second-order valence-corrected chi connectivity index (χ2v) is 10.8. The second-order valence-electron chi connectivity index (χ2n) is 7.88. The molecule has 29 heavy (non-hydrogen) atoms. The SMILES string of the molecule is O=C(c1cc2ccc3c(Br)c(C4=CCCCC4)[se]c3c2oc1=O)N1CCCCC1. The van der Waals surface area contributed by atoms with Gasteiger partial charge >= 0.3 is 184 Å². The first kappa shape index (κ1) is 19.3. The van der Waals surface area contributed by atoms with Crippen molar-refractivity contribution < 1.29 is 9.21 Å². The fourth-order valence-corrected chi connectivity index (χ4v) is 8.30. The predicted molar refractivity (Wildman–Crippen MR) is 121 cm³/mol. The van der Waals surface area contributed by atoms with E-state index < -0.39 is 5.63 Å². The summed E-state index contributed by atoms with van der Waals surface area (Å²) in [4.78, 5) is 27.4. The van der Waals surface area contributed by atoms with Crippen LogP contribution in [0, 0.1) is 0 Å². The van der Waals surface area contributed by atoms with Crippen LogP contribution in [-0.4, -0.2) is 38.4 Å². The quantitative estimate of drug-likeness (QED) is 0.339. The van der Waals surface area contributed by atoms with Crippen molar-refractivity contribution in [3.63, 3.8) is 0 Å². The van der Waals surface area contributed by atoms with Crippen LogP contribution < -0.4 is 5.63 Å². The van der Waals surface area contributed by atoms with E-state index >= 15 is 0 Å². The molecular weight excluding hydrogens is 497 g/mol. The molecule has 150 valence electrons. The van der Waals surface area contributed by atoms with Gasteiger partial charge in [-0.2, -0.15) is 0 Å². The Labute approximate surface area is 183 Å². The van der Waals surface area contributed by atoms with Gasteiger partial charge in [0.1, 0.15) is 0 Å². The molecule has 3 aromatic rings. The molecule has 0 bridgehead atoms. The van der Waals surface area contributed by atoms with Gasteiger partial charge in [0.15, 0.2) is 0 Å². The van der Waals surface area contributed by atoms with Crippen LogP contribution in [0.2, 0.25) is 0 Å². The van der Waals surface area contributed by atoms with Crippen molar-refractivity contribution >= 4 is 62.5 Å². The molecule has 1 aliphatic carbocycles. The topological polar surface area (TPSA) is 50.5 Å². The Morgan fingerprint density at radius 3 is 2.69 bits per heavy atom. The van der Waals surface area contributed by atoms with Gasteiger partial charge in [0.2, 0.25) is 0 Å². The van der Waals surface area contributed by atoms with Crippen molar-refractivity contribution in [1.29, 1.82) is 0 Å². The average molecular weight is 519 g/mol. The number of nitrogens with zero attached hydrogens (tertiary/aromatic N) is 1. The van der Waals surface area contributed by atoms with Gasteiger partial charge in [-0.05, 0) is 0 Å². The van der Waals surface area contributed by atoms with Gasteiger partial charge in [-0.15, -0.1) is 0 Å². The summed E-state index contributed by atoms with van der Waals surface area (Å²) in [6.07, 6.45) is 10.3. The number of rotatable bonds is 2. The predicted octanol–water partition coefficient (Wildman–Crippen LogP) is 5.35. The maximum absolute atomic E-state index is 12.9. The Hall–Kier alpha value is -1.62. The normalized spacial score (nSPS) is 17.7. The molecule has 3 heterocycles. The van der Waals surface area contributed by atoms with Crippen LogP contribution in [0.3, 0.4) is 0 Å². The molecule has 0 atom stereocenters. The Kier molecular flexibility index (Phi) is 5.27. The summed E-state index contributed by atoms with van der Waals surface area (Å²) in [6.45, 7) is 1.44. The number of hydrogen-bond acceptors (Lipinski definition) is 3. The van der Waals surface area contributed by atoms with Gasteiger partial charge in [-0.1, -0.05) is 0 Å². The third-order valence-corrected chi connectivity index (χ3v) is 10.1. The van der Waals surface area contributed by atoms with E-state index in [0.29, 0.717) is 5.58 Å². The summed E-state index contributed by atoms with van der Waals surface area (Å²) in [6, 6.07) is 5.80. The molecule has 5 rings (SSSR count). The number of likely N-dealkylation sites (tertiary alicyclic amines) is 1. The zero-order valence-corrected chi connectivity index (χ0v) is 19.4. The van der Waals surface area contributed by atoms with E-state index in [-0.39, 0.29) is 26.0 Å². The number of hydrogen-bond donors (Lipinski definition) is 0. The van der Waals surface area contributed by atoms with Gasteiger partial charge in [0, 0.05) is 0 Å². The van der Waals surface area contributed by atoms with E-state index in [1.807, 2.05) is 6.07 Å². The van der Waals surface area contributed by atoms with Crippen LogP contribution in [0.5, 0.6) is 0 Å². The molecule has 0 radical (unpaired) electrons. The van der Waals surface area contributed by atoms with Gasteiger partial charge in [0.05, 0.1) is 0 Å². The van der Waals surface area contributed by atoms with Crippen LogP contribution in [0.4, 0.5) is 0 Å². The summed E-state index contributed by atoms with van der Waals surface area (Å²) in [5.74, 6) is -0.196. The van der Waals surface area contributed by atoms with Crippen molar-refractivity contribution in [3.8, 4) is 0 Å². The number of benzene rings is 1. The zero-order chi connectivity index (χ0) is 20.0. The average Bonchev–Trinajstić information content (AvgIpc) is 3.11. The van der Waals surface area contributed by atoms with Crippen molar-refractivity contribution in [2.45, 2.75) is 44.9 Å². The second kappa shape index (κ2) is 7.90. The molecule has 0 unspecified atom stereocenters. The summed E-state index contributed by atoms with van der Waals surface area (Å²) in [7, 11) is 0. The van der Waals surface area contributed by atoms with E-state index in [2.05, 4.69) is 28.1 Å². The van der Waals surface area contributed by atoms with Gasteiger partial charge in [-0.25, -0.2) is 0 Å². The third-order valence-electron chi connectivity index (χ3n) is 5.95. The summed E-state index contributed by atoms with van der Waals surface area (Å²) >= 11 is 3.90. The number of fused-ring (bicyclic) bond motifs is 3. The van der Waals surface area contributed by atoms with E-state index in [1.54, 1.807) is 11.0 Å². The van der Waals surface area contributed by atoms with E-state index in [0.717, 1.165) is 64.7 Å². The van der Waals surface area contributed by atoms with Crippen molar-refractivity contribution in [2.24, 2.45) is 0 Å². The maximum atomic E-state index is 12.9. The first-order valence-electron chi connectivity index (χ1n) is 10.3. The first-order chi connectivity index (χ1) is 14.1.